The molecule has 88 valence electrons. The largest absolute Gasteiger partial charge is 0.553 e. The van der Waals surface area contributed by atoms with Crippen LogP contribution in [0.25, 0.3) is 6.08 Å². The van der Waals surface area contributed by atoms with E-state index in [-0.39, 0.29) is 0 Å². The Morgan fingerprint density at radius 2 is 2.12 bits per heavy atom. The van der Waals surface area contributed by atoms with Crippen molar-refractivity contribution in [1.82, 2.24) is 0 Å². The monoisotopic (exact) mass is 234 g/mol. The van der Waals surface area contributed by atoms with Crippen molar-refractivity contribution in [1.29, 1.82) is 0 Å². The van der Waals surface area contributed by atoms with Crippen molar-refractivity contribution < 1.29 is 4.43 Å². The van der Waals surface area contributed by atoms with Crippen molar-refractivity contribution in [2.75, 3.05) is 0 Å². The predicted molar refractivity (Wildman–Crippen MR) is 75.2 cm³/mol. The van der Waals surface area contributed by atoms with Gasteiger partial charge in [-0.2, -0.15) is 0 Å². The second-order valence-corrected chi connectivity index (χ2v) is 4.64. The topological polar surface area (TPSA) is 9.23 Å². The zero-order chi connectivity index (χ0) is 12.1. The van der Waals surface area contributed by atoms with E-state index in [1.54, 1.807) is 0 Å². The van der Waals surface area contributed by atoms with Crippen LogP contribution in [0.4, 0.5) is 0 Å². The van der Waals surface area contributed by atoms with Crippen molar-refractivity contribution >= 4 is 16.6 Å². The Kier molecular flexibility index (Phi) is 4.81. The van der Waals surface area contributed by atoms with E-state index in [9.17, 15) is 0 Å². The molecule has 0 aromatic heterocycles. The van der Waals surface area contributed by atoms with E-state index >= 15 is 0 Å². The molecule has 1 nitrogen and oxygen atoms in total. The quantitative estimate of drug-likeness (QED) is 0.712. The molecule has 0 aliphatic carbocycles. The summed E-state index contributed by atoms with van der Waals surface area (Å²) in [5.41, 5.74) is 5.24. The van der Waals surface area contributed by atoms with E-state index in [4.69, 9.17) is 4.43 Å². The van der Waals surface area contributed by atoms with Crippen LogP contribution >= 0.6 is 0 Å². The third-order valence-electron chi connectivity index (χ3n) is 3.16. The molecule has 0 unspecified atom stereocenters. The summed E-state index contributed by atoms with van der Waals surface area (Å²) in [5.74, 6) is 1.07. The van der Waals surface area contributed by atoms with Crippen LogP contribution < -0.4 is 4.43 Å². The number of hydrogen-bond donors (Lipinski definition) is 0. The maximum Gasteiger partial charge on any atom is 0.204 e. The third kappa shape index (κ3) is 2.56. The van der Waals surface area contributed by atoms with Crippen molar-refractivity contribution in [3.05, 3.63) is 34.9 Å². The first-order chi connectivity index (χ1) is 7.65. The van der Waals surface area contributed by atoms with Crippen LogP contribution in [0.2, 0.25) is 0 Å². The van der Waals surface area contributed by atoms with Gasteiger partial charge in [-0.3, -0.25) is 0 Å². The molecule has 0 aliphatic heterocycles. The molecule has 2 heteroatoms. The summed E-state index contributed by atoms with van der Waals surface area (Å²) >= 11 is 0. The molecule has 16 heavy (non-hydrogen) atoms. The van der Waals surface area contributed by atoms with Gasteiger partial charge in [0.1, 0.15) is 5.75 Å². The molecule has 0 radical (unpaired) electrons. The van der Waals surface area contributed by atoms with Crippen molar-refractivity contribution in [2.45, 2.75) is 40.0 Å². The number of benzene rings is 1. The van der Waals surface area contributed by atoms with Gasteiger partial charge in [0.05, 0.1) is 0 Å². The first-order valence-corrected chi connectivity index (χ1v) is 6.76. The van der Waals surface area contributed by atoms with Gasteiger partial charge in [0.15, 0.2) is 0 Å². The molecular formula is C14H22OSi. The minimum absolute atomic E-state index is 0.735. The zero-order valence-corrected chi connectivity index (χ0v) is 12.9. The Bertz CT molecular complexity index is 383. The Morgan fingerprint density at radius 3 is 2.62 bits per heavy atom. The highest BCUT2D eigenvalue weighted by atomic mass is 28.2. The molecule has 0 fully saturated rings. The van der Waals surface area contributed by atoms with E-state index < -0.39 is 0 Å². The fourth-order valence-electron chi connectivity index (χ4n) is 2.04. The highest BCUT2D eigenvalue weighted by Gasteiger charge is 2.11. The standard InChI is InChI=1S/C14H22OSi/c1-5-7-8-13-11(4)10(3)9-12(6-2)14(13)15-16/h6,9H,2,5,7-8H2,1,3-4,16H3. The number of aryl methyl sites for hydroxylation is 1. The van der Waals surface area contributed by atoms with Crippen LogP contribution in [0.5, 0.6) is 5.75 Å². The molecule has 0 amide bonds. The predicted octanol–water partition coefficient (Wildman–Crippen LogP) is 2.95. The van der Waals surface area contributed by atoms with Gasteiger partial charge in [-0.25, -0.2) is 0 Å². The summed E-state index contributed by atoms with van der Waals surface area (Å²) in [7, 11) is 0.735. The van der Waals surface area contributed by atoms with Gasteiger partial charge in [0, 0.05) is 5.56 Å². The summed E-state index contributed by atoms with van der Waals surface area (Å²) in [6, 6.07) is 2.17. The highest BCUT2D eigenvalue weighted by Crippen LogP contribution is 2.31. The number of rotatable bonds is 5. The summed E-state index contributed by atoms with van der Waals surface area (Å²) in [5, 5.41) is 0. The summed E-state index contributed by atoms with van der Waals surface area (Å²) in [6.07, 6.45) is 5.45. The fraction of sp³-hybridized carbons (Fsp3) is 0.429. The summed E-state index contributed by atoms with van der Waals surface area (Å²) in [4.78, 5) is 0. The van der Waals surface area contributed by atoms with E-state index in [2.05, 4.69) is 33.4 Å². The van der Waals surface area contributed by atoms with Gasteiger partial charge in [0.25, 0.3) is 0 Å². The molecule has 1 rings (SSSR count). The molecule has 0 spiro atoms. The molecule has 0 N–H and O–H groups in total. The Hall–Kier alpha value is -1.02. The van der Waals surface area contributed by atoms with Gasteiger partial charge < -0.3 is 4.43 Å². The molecule has 0 atom stereocenters. The van der Waals surface area contributed by atoms with Crippen LogP contribution in [0.15, 0.2) is 12.6 Å². The minimum Gasteiger partial charge on any atom is -0.553 e. The normalized spacial score (nSPS) is 10.4. The molecule has 0 aliphatic rings. The van der Waals surface area contributed by atoms with E-state index in [1.807, 2.05) is 6.08 Å². The van der Waals surface area contributed by atoms with Gasteiger partial charge in [0.2, 0.25) is 10.5 Å². The van der Waals surface area contributed by atoms with Gasteiger partial charge in [-0.05, 0) is 49.4 Å². The highest BCUT2D eigenvalue weighted by molar-refractivity contribution is 6.00. The van der Waals surface area contributed by atoms with Crippen LogP contribution in [-0.2, 0) is 6.42 Å². The smallest absolute Gasteiger partial charge is 0.204 e. The van der Waals surface area contributed by atoms with Crippen molar-refractivity contribution in [2.24, 2.45) is 0 Å². The lowest BCUT2D eigenvalue weighted by Gasteiger charge is -2.17. The lowest BCUT2D eigenvalue weighted by molar-refractivity contribution is 0.597. The Morgan fingerprint density at radius 1 is 1.44 bits per heavy atom. The van der Waals surface area contributed by atoms with Crippen LogP contribution in [0.3, 0.4) is 0 Å². The summed E-state index contributed by atoms with van der Waals surface area (Å²) < 4.78 is 5.67. The maximum absolute atomic E-state index is 5.67. The first-order valence-electron chi connectivity index (χ1n) is 5.95. The van der Waals surface area contributed by atoms with Crippen molar-refractivity contribution in [3.63, 3.8) is 0 Å². The van der Waals surface area contributed by atoms with Crippen LogP contribution in [0, 0.1) is 13.8 Å². The molecule has 0 bridgehead atoms. The molecule has 1 aromatic rings. The van der Waals surface area contributed by atoms with Crippen LogP contribution in [0.1, 0.15) is 42.0 Å². The molecule has 0 saturated heterocycles. The van der Waals surface area contributed by atoms with Crippen LogP contribution in [-0.4, -0.2) is 10.5 Å². The Labute approximate surface area is 102 Å². The maximum atomic E-state index is 5.67. The van der Waals surface area contributed by atoms with Crippen molar-refractivity contribution in [3.8, 4) is 5.75 Å². The first kappa shape index (κ1) is 13.0. The second-order valence-electron chi connectivity index (χ2n) is 4.23. The number of hydrogen-bond acceptors (Lipinski definition) is 1. The number of unbranched alkanes of at least 4 members (excludes halogenated alkanes) is 1. The lowest BCUT2D eigenvalue weighted by Crippen LogP contribution is -2.01. The Balaban J connectivity index is 3.28. The lowest BCUT2D eigenvalue weighted by atomic mass is 9.94. The van der Waals surface area contributed by atoms with Gasteiger partial charge >= 0.3 is 0 Å². The SMILES string of the molecule is C=Cc1cc(C)c(C)c(CCCC)c1O[SiH3]. The minimum atomic E-state index is 0.735. The van der Waals surface area contributed by atoms with Gasteiger partial charge in [-0.15, -0.1) is 0 Å². The van der Waals surface area contributed by atoms with Gasteiger partial charge in [-0.1, -0.05) is 26.0 Å². The molecule has 1 aromatic carbocycles. The molecule has 0 saturated carbocycles. The third-order valence-corrected chi connectivity index (χ3v) is 3.57. The zero-order valence-electron chi connectivity index (χ0n) is 10.9. The van der Waals surface area contributed by atoms with E-state index in [1.165, 1.54) is 29.5 Å². The summed E-state index contributed by atoms with van der Waals surface area (Å²) in [6.45, 7) is 10.4. The average Bonchev–Trinajstić information content (AvgIpc) is 2.30. The van der Waals surface area contributed by atoms with E-state index in [0.29, 0.717) is 0 Å². The fourth-order valence-corrected chi connectivity index (χ4v) is 2.52. The van der Waals surface area contributed by atoms with E-state index in [0.717, 1.165) is 28.2 Å². The average molecular weight is 234 g/mol. The molecule has 0 heterocycles. The second kappa shape index (κ2) is 5.90. The molecular weight excluding hydrogens is 212 g/mol.